The zero-order valence-electron chi connectivity index (χ0n) is 12.2. The van der Waals surface area contributed by atoms with Crippen molar-refractivity contribution in [1.82, 2.24) is 10.2 Å². The second kappa shape index (κ2) is 6.74. The maximum absolute atomic E-state index is 12.0. The maximum Gasteiger partial charge on any atom is 0.320 e. The summed E-state index contributed by atoms with van der Waals surface area (Å²) < 4.78 is 27.6. The molecule has 0 aromatic rings. The van der Waals surface area contributed by atoms with E-state index in [-0.39, 0.29) is 48.6 Å². The number of carbonyl (C=O) groups is 2. The Kier molecular flexibility index (Phi) is 5.21. The molecule has 1 atom stereocenters. The summed E-state index contributed by atoms with van der Waals surface area (Å²) in [6, 6.07) is -0.0430. The van der Waals surface area contributed by atoms with Gasteiger partial charge in [-0.05, 0) is 26.2 Å². The van der Waals surface area contributed by atoms with E-state index in [9.17, 15) is 18.0 Å². The first-order chi connectivity index (χ1) is 9.89. The lowest BCUT2D eigenvalue weighted by atomic mass is 10.2. The first-order valence-corrected chi connectivity index (χ1v) is 9.11. The Hall–Kier alpha value is -1.15. The molecule has 1 amide bonds. The second-order valence-corrected chi connectivity index (χ2v) is 7.84. The third kappa shape index (κ3) is 5.28. The number of nitrogens with zero attached hydrogens (tertiary/aromatic N) is 1. The molecule has 0 bridgehead atoms. The number of sulfone groups is 1. The highest BCUT2D eigenvalue weighted by molar-refractivity contribution is 7.91. The zero-order valence-corrected chi connectivity index (χ0v) is 13.0. The van der Waals surface area contributed by atoms with Crippen molar-refractivity contribution in [2.45, 2.75) is 38.3 Å². The summed E-state index contributed by atoms with van der Waals surface area (Å²) in [6.45, 7) is 2.28. The number of nitrogens with one attached hydrogen (secondary N) is 1. The molecule has 2 fully saturated rings. The smallest absolute Gasteiger partial charge is 0.320 e. The fourth-order valence-corrected chi connectivity index (χ4v) is 4.17. The normalized spacial score (nSPS) is 24.0. The molecule has 0 spiro atoms. The predicted molar refractivity (Wildman–Crippen MR) is 76.4 cm³/mol. The van der Waals surface area contributed by atoms with Crippen LogP contribution < -0.4 is 5.32 Å². The van der Waals surface area contributed by atoms with Gasteiger partial charge in [0, 0.05) is 12.1 Å². The Labute approximate surface area is 124 Å². The minimum Gasteiger partial charge on any atom is -0.465 e. The van der Waals surface area contributed by atoms with Gasteiger partial charge in [-0.1, -0.05) is 0 Å². The molecular formula is C13H22N2O5S. The molecule has 2 aliphatic rings. The van der Waals surface area contributed by atoms with Crippen LogP contribution in [0.2, 0.25) is 0 Å². The first kappa shape index (κ1) is 16.2. The van der Waals surface area contributed by atoms with Crippen LogP contribution in [0.15, 0.2) is 0 Å². The highest BCUT2D eigenvalue weighted by atomic mass is 32.2. The Morgan fingerprint density at radius 1 is 1.24 bits per heavy atom. The summed E-state index contributed by atoms with van der Waals surface area (Å²) in [7, 11) is -3.00. The van der Waals surface area contributed by atoms with Gasteiger partial charge in [0.15, 0.2) is 9.84 Å². The van der Waals surface area contributed by atoms with Crippen molar-refractivity contribution in [2.75, 3.05) is 31.2 Å². The van der Waals surface area contributed by atoms with Crippen LogP contribution in [0.1, 0.15) is 26.2 Å². The molecule has 1 saturated heterocycles. The monoisotopic (exact) mass is 318 g/mol. The number of amides is 1. The summed E-state index contributed by atoms with van der Waals surface area (Å²) in [6.07, 6.45) is 2.42. The van der Waals surface area contributed by atoms with Crippen LogP contribution in [0.5, 0.6) is 0 Å². The van der Waals surface area contributed by atoms with Crippen molar-refractivity contribution < 1.29 is 22.7 Å². The van der Waals surface area contributed by atoms with Crippen LogP contribution in [0.4, 0.5) is 0 Å². The lowest BCUT2D eigenvalue weighted by Crippen LogP contribution is -2.45. The van der Waals surface area contributed by atoms with Crippen LogP contribution in [0.3, 0.4) is 0 Å². The molecule has 7 nitrogen and oxygen atoms in total. The second-order valence-electron chi connectivity index (χ2n) is 5.61. The molecule has 21 heavy (non-hydrogen) atoms. The van der Waals surface area contributed by atoms with Crippen LogP contribution in [-0.2, 0) is 24.2 Å². The van der Waals surface area contributed by atoms with E-state index >= 15 is 0 Å². The van der Waals surface area contributed by atoms with Gasteiger partial charge in [-0.15, -0.1) is 0 Å². The van der Waals surface area contributed by atoms with Crippen molar-refractivity contribution in [3.8, 4) is 0 Å². The van der Waals surface area contributed by atoms with E-state index in [0.717, 1.165) is 12.8 Å². The Bertz CT molecular complexity index is 501. The van der Waals surface area contributed by atoms with Crippen molar-refractivity contribution in [1.29, 1.82) is 0 Å². The van der Waals surface area contributed by atoms with Gasteiger partial charge in [-0.25, -0.2) is 8.42 Å². The van der Waals surface area contributed by atoms with Crippen LogP contribution >= 0.6 is 0 Å². The summed E-state index contributed by atoms with van der Waals surface area (Å²) in [4.78, 5) is 25.3. The van der Waals surface area contributed by atoms with Gasteiger partial charge in [-0.3, -0.25) is 14.5 Å². The minimum atomic E-state index is -3.00. The van der Waals surface area contributed by atoms with Gasteiger partial charge < -0.3 is 10.1 Å². The maximum atomic E-state index is 12.0. The van der Waals surface area contributed by atoms with Crippen molar-refractivity contribution in [3.05, 3.63) is 0 Å². The van der Waals surface area contributed by atoms with E-state index < -0.39 is 9.84 Å². The highest BCUT2D eigenvalue weighted by Crippen LogP contribution is 2.26. The van der Waals surface area contributed by atoms with Crippen LogP contribution in [-0.4, -0.2) is 68.5 Å². The van der Waals surface area contributed by atoms with Crippen molar-refractivity contribution in [2.24, 2.45) is 0 Å². The summed E-state index contributed by atoms with van der Waals surface area (Å²) >= 11 is 0. The Morgan fingerprint density at radius 2 is 1.95 bits per heavy atom. The molecule has 0 aromatic carbocycles. The standard InChI is InChI=1S/C13H22N2O5S/c1-2-20-13(17)8-15(11-3-4-11)7-12(16)14-10-5-6-21(18,19)9-10/h10-11H,2-9H2,1H3,(H,14,16). The number of esters is 1. The number of carbonyl (C=O) groups excluding carboxylic acids is 2. The lowest BCUT2D eigenvalue weighted by molar-refractivity contribution is -0.144. The molecular weight excluding hydrogens is 296 g/mol. The molecule has 1 aliphatic carbocycles. The number of rotatable bonds is 7. The summed E-state index contributed by atoms with van der Waals surface area (Å²) in [5, 5.41) is 2.74. The number of ether oxygens (including phenoxy) is 1. The largest absolute Gasteiger partial charge is 0.465 e. The minimum absolute atomic E-state index is 0.0139. The molecule has 0 aromatic heterocycles. The van der Waals surface area contributed by atoms with Gasteiger partial charge >= 0.3 is 5.97 Å². The van der Waals surface area contributed by atoms with Crippen LogP contribution in [0, 0.1) is 0 Å². The van der Waals surface area contributed by atoms with E-state index in [1.807, 2.05) is 0 Å². The van der Waals surface area contributed by atoms with Gasteiger partial charge in [0.1, 0.15) is 0 Å². The van der Waals surface area contributed by atoms with E-state index in [1.165, 1.54) is 0 Å². The van der Waals surface area contributed by atoms with Crippen molar-refractivity contribution in [3.63, 3.8) is 0 Å². The zero-order chi connectivity index (χ0) is 15.5. The lowest BCUT2D eigenvalue weighted by Gasteiger charge is -2.21. The third-order valence-corrected chi connectivity index (χ3v) is 5.41. The third-order valence-electron chi connectivity index (χ3n) is 3.65. The fraction of sp³-hybridized carbons (Fsp3) is 0.846. The molecule has 1 N–H and O–H groups in total. The molecule has 1 heterocycles. The van der Waals surface area contributed by atoms with E-state index in [2.05, 4.69) is 5.32 Å². The highest BCUT2D eigenvalue weighted by Gasteiger charge is 2.33. The summed E-state index contributed by atoms with van der Waals surface area (Å²) in [5.74, 6) is -0.415. The van der Waals surface area contributed by atoms with Gasteiger partial charge in [0.2, 0.25) is 5.91 Å². The molecule has 0 radical (unpaired) electrons. The topological polar surface area (TPSA) is 92.8 Å². The van der Waals surface area contributed by atoms with Gasteiger partial charge in [0.05, 0.1) is 31.2 Å². The SMILES string of the molecule is CCOC(=O)CN(CC(=O)NC1CCS(=O)(=O)C1)C1CC1. The molecule has 120 valence electrons. The average molecular weight is 318 g/mol. The van der Waals surface area contributed by atoms with E-state index in [4.69, 9.17) is 4.74 Å². The molecule has 8 heteroatoms. The van der Waals surface area contributed by atoms with Crippen molar-refractivity contribution >= 4 is 21.7 Å². The quantitative estimate of drug-likeness (QED) is 0.625. The van der Waals surface area contributed by atoms with Crippen LogP contribution in [0.25, 0.3) is 0 Å². The molecule has 1 saturated carbocycles. The predicted octanol–water partition coefficient (Wildman–Crippen LogP) is -0.683. The van der Waals surface area contributed by atoms with Gasteiger partial charge in [0.25, 0.3) is 0 Å². The van der Waals surface area contributed by atoms with E-state index in [0.29, 0.717) is 13.0 Å². The van der Waals surface area contributed by atoms with Gasteiger partial charge in [-0.2, -0.15) is 0 Å². The first-order valence-electron chi connectivity index (χ1n) is 7.29. The summed E-state index contributed by atoms with van der Waals surface area (Å²) in [5.41, 5.74) is 0. The molecule has 1 aliphatic heterocycles. The molecule has 2 rings (SSSR count). The average Bonchev–Trinajstić information content (AvgIpc) is 3.15. The fourth-order valence-electron chi connectivity index (χ4n) is 2.49. The number of hydrogen-bond donors (Lipinski definition) is 1. The number of hydrogen-bond acceptors (Lipinski definition) is 6. The van der Waals surface area contributed by atoms with E-state index in [1.54, 1.807) is 11.8 Å². The Morgan fingerprint density at radius 3 is 2.48 bits per heavy atom. The Balaban J connectivity index is 1.80. The molecule has 1 unspecified atom stereocenters.